The average molecular weight is 315 g/mol. The first kappa shape index (κ1) is 17.8. The summed E-state index contributed by atoms with van der Waals surface area (Å²) >= 11 is 0. The standard InChI is InChI=1S/C15H22N2O3.ClH/c1-12-3-2-4-13(9-12)19-7-5-15(18)17-6-8-20-14(10-16)11-17;/h2-4,9,14H,5-8,10-11,16H2,1H3;1H. The van der Waals surface area contributed by atoms with Gasteiger partial charge in [-0.1, -0.05) is 12.1 Å². The molecule has 5 nitrogen and oxygen atoms in total. The number of aryl methyl sites for hydroxylation is 1. The van der Waals surface area contributed by atoms with Crippen LogP contribution >= 0.6 is 12.4 Å². The Morgan fingerprint density at radius 2 is 2.33 bits per heavy atom. The number of hydrogen-bond donors (Lipinski definition) is 1. The molecule has 0 spiro atoms. The first-order valence-corrected chi connectivity index (χ1v) is 6.98. The highest BCUT2D eigenvalue weighted by Gasteiger charge is 2.22. The molecule has 2 N–H and O–H groups in total. The topological polar surface area (TPSA) is 64.8 Å². The molecule has 1 heterocycles. The van der Waals surface area contributed by atoms with E-state index in [1.54, 1.807) is 4.90 Å². The number of carbonyl (C=O) groups is 1. The summed E-state index contributed by atoms with van der Waals surface area (Å²) in [6.45, 7) is 4.64. The molecule has 0 aromatic heterocycles. The van der Waals surface area contributed by atoms with Gasteiger partial charge in [-0.05, 0) is 24.6 Å². The maximum atomic E-state index is 12.1. The van der Waals surface area contributed by atoms with Gasteiger partial charge in [-0.25, -0.2) is 0 Å². The molecule has 0 radical (unpaired) electrons. The van der Waals surface area contributed by atoms with E-state index in [0.29, 0.717) is 39.3 Å². The van der Waals surface area contributed by atoms with Gasteiger partial charge in [0.05, 0.1) is 25.7 Å². The van der Waals surface area contributed by atoms with E-state index in [1.807, 2.05) is 31.2 Å². The molecule has 1 aromatic rings. The van der Waals surface area contributed by atoms with Crippen LogP contribution in [-0.2, 0) is 9.53 Å². The molecule has 1 aliphatic heterocycles. The molecule has 1 aromatic carbocycles. The fraction of sp³-hybridized carbons (Fsp3) is 0.533. The highest BCUT2D eigenvalue weighted by Crippen LogP contribution is 2.13. The lowest BCUT2D eigenvalue weighted by atomic mass is 10.2. The molecular formula is C15H23ClN2O3. The maximum Gasteiger partial charge on any atom is 0.226 e. The highest BCUT2D eigenvalue weighted by atomic mass is 35.5. The lowest BCUT2D eigenvalue weighted by molar-refractivity contribution is -0.138. The highest BCUT2D eigenvalue weighted by molar-refractivity contribution is 5.85. The molecule has 21 heavy (non-hydrogen) atoms. The molecule has 2 rings (SSSR count). The van der Waals surface area contributed by atoms with Crippen molar-refractivity contribution in [1.29, 1.82) is 0 Å². The minimum absolute atomic E-state index is 0. The van der Waals surface area contributed by atoms with E-state index in [4.69, 9.17) is 15.2 Å². The molecule has 0 saturated carbocycles. The van der Waals surface area contributed by atoms with Crippen molar-refractivity contribution in [1.82, 2.24) is 4.90 Å². The van der Waals surface area contributed by atoms with Crippen LogP contribution in [0.1, 0.15) is 12.0 Å². The Bertz CT molecular complexity index is 456. The molecule has 1 aliphatic rings. The Balaban J connectivity index is 0.00000220. The van der Waals surface area contributed by atoms with Crippen molar-refractivity contribution in [2.75, 3.05) is 32.8 Å². The number of carbonyl (C=O) groups excluding carboxylic acids is 1. The van der Waals surface area contributed by atoms with Crippen molar-refractivity contribution >= 4 is 18.3 Å². The van der Waals surface area contributed by atoms with E-state index in [1.165, 1.54) is 0 Å². The third-order valence-corrected chi connectivity index (χ3v) is 3.33. The van der Waals surface area contributed by atoms with Crippen LogP contribution in [0.25, 0.3) is 0 Å². The maximum absolute atomic E-state index is 12.1. The molecule has 1 fully saturated rings. The summed E-state index contributed by atoms with van der Waals surface area (Å²) in [6, 6.07) is 7.82. The molecule has 1 unspecified atom stereocenters. The smallest absolute Gasteiger partial charge is 0.226 e. The van der Waals surface area contributed by atoms with Gasteiger partial charge >= 0.3 is 0 Å². The van der Waals surface area contributed by atoms with Crippen molar-refractivity contribution in [3.8, 4) is 5.75 Å². The average Bonchev–Trinajstić information content (AvgIpc) is 2.47. The SMILES string of the molecule is Cc1cccc(OCCC(=O)N2CCOC(CN)C2)c1.Cl. The van der Waals surface area contributed by atoms with E-state index in [9.17, 15) is 4.79 Å². The summed E-state index contributed by atoms with van der Waals surface area (Å²) in [7, 11) is 0. The summed E-state index contributed by atoms with van der Waals surface area (Å²) in [4.78, 5) is 13.9. The minimum Gasteiger partial charge on any atom is -0.493 e. The number of halogens is 1. The van der Waals surface area contributed by atoms with E-state index in [-0.39, 0.29) is 24.4 Å². The van der Waals surface area contributed by atoms with Crippen LogP contribution in [0.2, 0.25) is 0 Å². The monoisotopic (exact) mass is 314 g/mol. The Morgan fingerprint density at radius 1 is 1.52 bits per heavy atom. The summed E-state index contributed by atoms with van der Waals surface area (Å²) in [5.74, 6) is 0.902. The van der Waals surface area contributed by atoms with E-state index >= 15 is 0 Å². The fourth-order valence-corrected chi connectivity index (χ4v) is 2.21. The van der Waals surface area contributed by atoms with Gasteiger partial charge in [0.1, 0.15) is 5.75 Å². The van der Waals surface area contributed by atoms with Gasteiger partial charge in [0.25, 0.3) is 0 Å². The second kappa shape index (κ2) is 8.87. The zero-order valence-electron chi connectivity index (χ0n) is 12.3. The molecule has 0 aliphatic carbocycles. The number of nitrogens with two attached hydrogens (primary N) is 1. The summed E-state index contributed by atoms with van der Waals surface area (Å²) in [5.41, 5.74) is 6.71. The van der Waals surface area contributed by atoms with E-state index in [0.717, 1.165) is 11.3 Å². The number of rotatable bonds is 5. The Morgan fingerprint density at radius 3 is 3.05 bits per heavy atom. The van der Waals surface area contributed by atoms with Crippen molar-refractivity contribution in [2.45, 2.75) is 19.4 Å². The van der Waals surface area contributed by atoms with Crippen LogP contribution in [0, 0.1) is 6.92 Å². The molecule has 1 amide bonds. The normalized spacial score (nSPS) is 18.0. The third kappa shape index (κ3) is 5.53. The van der Waals surface area contributed by atoms with E-state index in [2.05, 4.69) is 0 Å². The van der Waals surface area contributed by atoms with Gasteiger partial charge in [0.2, 0.25) is 5.91 Å². The molecule has 0 bridgehead atoms. The predicted octanol–water partition coefficient (Wildman–Crippen LogP) is 1.37. The van der Waals surface area contributed by atoms with Crippen molar-refractivity contribution in [2.24, 2.45) is 5.73 Å². The minimum atomic E-state index is -0.0367. The van der Waals surface area contributed by atoms with Crippen molar-refractivity contribution < 1.29 is 14.3 Å². The summed E-state index contributed by atoms with van der Waals surface area (Å²) < 4.78 is 11.0. The second-order valence-corrected chi connectivity index (χ2v) is 4.98. The zero-order chi connectivity index (χ0) is 14.4. The number of morpholine rings is 1. The quantitative estimate of drug-likeness (QED) is 0.891. The molecule has 1 atom stereocenters. The van der Waals surface area contributed by atoms with Crippen LogP contribution in [0.15, 0.2) is 24.3 Å². The second-order valence-electron chi connectivity index (χ2n) is 4.98. The lowest BCUT2D eigenvalue weighted by Gasteiger charge is -2.32. The number of ether oxygens (including phenoxy) is 2. The van der Waals surface area contributed by atoms with Crippen LogP contribution in [0.5, 0.6) is 5.75 Å². The zero-order valence-corrected chi connectivity index (χ0v) is 13.1. The number of amides is 1. The lowest BCUT2D eigenvalue weighted by Crippen LogP contribution is -2.48. The molecule has 1 saturated heterocycles. The first-order chi connectivity index (χ1) is 9.69. The molecule has 6 heteroatoms. The van der Waals surface area contributed by atoms with Gasteiger partial charge in [-0.2, -0.15) is 0 Å². The van der Waals surface area contributed by atoms with E-state index < -0.39 is 0 Å². The Hall–Kier alpha value is -1.30. The summed E-state index contributed by atoms with van der Waals surface area (Å²) in [6.07, 6.45) is 0.344. The van der Waals surface area contributed by atoms with Crippen molar-refractivity contribution in [3.63, 3.8) is 0 Å². The number of hydrogen-bond acceptors (Lipinski definition) is 4. The van der Waals surface area contributed by atoms with Gasteiger partial charge in [0.15, 0.2) is 0 Å². The fourth-order valence-electron chi connectivity index (χ4n) is 2.21. The predicted molar refractivity (Wildman–Crippen MR) is 83.9 cm³/mol. The van der Waals surface area contributed by atoms with Crippen molar-refractivity contribution in [3.05, 3.63) is 29.8 Å². The Kier molecular flexibility index (Phi) is 7.50. The first-order valence-electron chi connectivity index (χ1n) is 6.98. The number of benzene rings is 1. The largest absolute Gasteiger partial charge is 0.493 e. The van der Waals surface area contributed by atoms with Crippen LogP contribution in [0.3, 0.4) is 0 Å². The molecule has 118 valence electrons. The number of nitrogens with zero attached hydrogens (tertiary/aromatic N) is 1. The summed E-state index contributed by atoms with van der Waals surface area (Å²) in [5, 5.41) is 0. The van der Waals surface area contributed by atoms with Crippen LogP contribution in [0.4, 0.5) is 0 Å². The molecular weight excluding hydrogens is 292 g/mol. The van der Waals surface area contributed by atoms with Gasteiger partial charge < -0.3 is 20.1 Å². The van der Waals surface area contributed by atoms with Gasteiger partial charge in [0, 0.05) is 19.6 Å². The van der Waals surface area contributed by atoms with Crippen LogP contribution < -0.4 is 10.5 Å². The Labute approximate surface area is 131 Å². The van der Waals surface area contributed by atoms with Crippen LogP contribution in [-0.4, -0.2) is 49.8 Å². The third-order valence-electron chi connectivity index (χ3n) is 3.33. The van der Waals surface area contributed by atoms with Gasteiger partial charge in [-0.3, -0.25) is 4.79 Å². The van der Waals surface area contributed by atoms with Gasteiger partial charge in [-0.15, -0.1) is 12.4 Å².